The van der Waals surface area contributed by atoms with E-state index >= 15 is 0 Å². The van der Waals surface area contributed by atoms with Crippen molar-refractivity contribution in [3.63, 3.8) is 0 Å². The molecule has 0 N–H and O–H groups in total. The maximum Gasteiger partial charge on any atom is 0.233 e. The quantitative estimate of drug-likeness (QED) is 0.604. The molecule has 4 nitrogen and oxygen atoms in total. The first-order valence-electron chi connectivity index (χ1n) is 5.17. The second-order valence-corrected chi connectivity index (χ2v) is 3.53. The molecule has 2 heterocycles. The van der Waals surface area contributed by atoms with Gasteiger partial charge in [0.2, 0.25) is 5.88 Å². The summed E-state index contributed by atoms with van der Waals surface area (Å²) in [7, 11) is 0. The van der Waals surface area contributed by atoms with Crippen LogP contribution in [0.25, 0.3) is 11.0 Å². The maximum atomic E-state index is 5.88. The average Bonchev–Trinajstić information content (AvgIpc) is 2.35. The molecule has 0 aliphatic carbocycles. The number of hydrogen-bond acceptors (Lipinski definition) is 4. The van der Waals surface area contributed by atoms with Crippen LogP contribution in [-0.4, -0.2) is 21.6 Å². The van der Waals surface area contributed by atoms with Gasteiger partial charge >= 0.3 is 0 Å². The normalized spacial score (nSPS) is 9.76. The van der Waals surface area contributed by atoms with Crippen molar-refractivity contribution in [1.82, 2.24) is 15.0 Å². The molecule has 0 saturated carbocycles. The topological polar surface area (TPSA) is 47.9 Å². The Balaban J connectivity index is 2.20. The van der Waals surface area contributed by atoms with E-state index in [-0.39, 0.29) is 0 Å². The molecule has 0 radical (unpaired) electrons. The summed E-state index contributed by atoms with van der Waals surface area (Å²) in [5.74, 6) is 6.21. The molecule has 2 aromatic rings. The Morgan fingerprint density at radius 3 is 3.06 bits per heavy atom. The van der Waals surface area contributed by atoms with Crippen LogP contribution in [0.15, 0.2) is 18.5 Å². The lowest BCUT2D eigenvalue weighted by Gasteiger charge is -2.02. The first kappa shape index (κ1) is 11.6. The van der Waals surface area contributed by atoms with E-state index in [1.54, 1.807) is 12.3 Å². The molecule has 0 fully saturated rings. The molecule has 5 heteroatoms. The third-order valence-electron chi connectivity index (χ3n) is 1.99. The number of pyridine rings is 1. The Hall–Kier alpha value is -1.86. The summed E-state index contributed by atoms with van der Waals surface area (Å²) in [5.41, 5.74) is 1.23. The van der Waals surface area contributed by atoms with Crippen molar-refractivity contribution >= 4 is 22.6 Å². The monoisotopic (exact) mass is 247 g/mol. The number of ether oxygens (including phenoxy) is 1. The Labute approximate surface area is 104 Å². The van der Waals surface area contributed by atoms with Crippen LogP contribution in [0.4, 0.5) is 0 Å². The minimum atomic E-state index is 0.312. The predicted octanol–water partition coefficient (Wildman–Crippen LogP) is 2.47. The van der Waals surface area contributed by atoms with Gasteiger partial charge in [0.15, 0.2) is 11.8 Å². The summed E-state index contributed by atoms with van der Waals surface area (Å²) in [6, 6.07) is 1.73. The third kappa shape index (κ3) is 2.83. The van der Waals surface area contributed by atoms with Crippen molar-refractivity contribution in [3.8, 4) is 17.7 Å². The van der Waals surface area contributed by atoms with Gasteiger partial charge in [-0.25, -0.2) is 15.0 Å². The van der Waals surface area contributed by atoms with Gasteiger partial charge in [0.25, 0.3) is 0 Å². The minimum Gasteiger partial charge on any atom is -0.463 e. The van der Waals surface area contributed by atoms with Crippen LogP contribution in [0.3, 0.4) is 0 Å². The second-order valence-electron chi connectivity index (χ2n) is 3.17. The molecule has 0 spiro atoms. The number of aromatic nitrogens is 3. The number of hydrogen-bond donors (Lipinski definition) is 0. The van der Waals surface area contributed by atoms with E-state index in [1.807, 2.05) is 6.92 Å². The van der Waals surface area contributed by atoms with Gasteiger partial charge < -0.3 is 4.74 Å². The maximum absolute atomic E-state index is 5.88. The molecular formula is C12H10ClN3O. The zero-order valence-corrected chi connectivity index (χ0v) is 10.0. The van der Waals surface area contributed by atoms with Crippen LogP contribution < -0.4 is 4.74 Å². The van der Waals surface area contributed by atoms with E-state index in [1.165, 1.54) is 6.20 Å². The summed E-state index contributed by atoms with van der Waals surface area (Å²) in [6.07, 6.45) is 3.91. The number of fused-ring (bicyclic) bond motifs is 1. The van der Waals surface area contributed by atoms with Crippen molar-refractivity contribution in [2.75, 3.05) is 6.61 Å². The van der Waals surface area contributed by atoms with Gasteiger partial charge in [-0.1, -0.05) is 24.4 Å². The fourth-order valence-corrected chi connectivity index (χ4v) is 1.45. The highest BCUT2D eigenvalue weighted by Crippen LogP contribution is 2.18. The molecule has 0 unspecified atom stereocenters. The Bertz CT molecular complexity index is 589. The molecule has 0 aromatic carbocycles. The first-order chi connectivity index (χ1) is 8.31. The van der Waals surface area contributed by atoms with Gasteiger partial charge in [0, 0.05) is 12.6 Å². The lowest BCUT2D eigenvalue weighted by molar-refractivity contribution is 0.355. The van der Waals surface area contributed by atoms with Crippen LogP contribution in [0.1, 0.15) is 13.3 Å². The van der Waals surface area contributed by atoms with E-state index in [9.17, 15) is 0 Å². The summed E-state index contributed by atoms with van der Waals surface area (Å²) < 4.78 is 5.35. The van der Waals surface area contributed by atoms with Gasteiger partial charge in [0.1, 0.15) is 5.52 Å². The van der Waals surface area contributed by atoms with E-state index in [0.717, 1.165) is 6.42 Å². The molecule has 0 saturated heterocycles. The van der Waals surface area contributed by atoms with E-state index in [4.69, 9.17) is 16.3 Å². The molecule has 17 heavy (non-hydrogen) atoms. The first-order valence-corrected chi connectivity index (χ1v) is 5.55. The average molecular weight is 248 g/mol. The molecule has 0 amide bonds. The summed E-state index contributed by atoms with van der Waals surface area (Å²) >= 11 is 5.88. The lowest BCUT2D eigenvalue weighted by atomic mass is 10.4. The SMILES string of the molecule is CCC#CCOc1cnc2c(Cl)nccc2n1. The standard InChI is InChI=1S/C12H10ClN3O/c1-2-3-4-7-17-10-8-15-11-9(16-10)5-6-14-12(11)13/h5-6,8H,2,7H2,1H3. The molecule has 0 aliphatic heterocycles. The number of nitrogens with zero attached hydrogens (tertiary/aromatic N) is 3. The molecule has 0 bridgehead atoms. The smallest absolute Gasteiger partial charge is 0.233 e. The van der Waals surface area contributed by atoms with E-state index in [0.29, 0.717) is 28.7 Å². The van der Waals surface area contributed by atoms with Gasteiger partial charge in [-0.3, -0.25) is 0 Å². The largest absolute Gasteiger partial charge is 0.463 e. The van der Waals surface area contributed by atoms with Crippen LogP contribution >= 0.6 is 11.6 Å². The predicted molar refractivity (Wildman–Crippen MR) is 65.9 cm³/mol. The number of halogens is 1. The Morgan fingerprint density at radius 1 is 1.35 bits per heavy atom. The van der Waals surface area contributed by atoms with Crippen molar-refractivity contribution in [3.05, 3.63) is 23.6 Å². The van der Waals surface area contributed by atoms with Gasteiger partial charge in [-0.2, -0.15) is 0 Å². The van der Waals surface area contributed by atoms with Crippen LogP contribution in [0, 0.1) is 11.8 Å². The lowest BCUT2D eigenvalue weighted by Crippen LogP contribution is -1.98. The molecule has 0 atom stereocenters. The third-order valence-corrected chi connectivity index (χ3v) is 2.26. The van der Waals surface area contributed by atoms with Crippen LogP contribution in [0.5, 0.6) is 5.88 Å². The highest BCUT2D eigenvalue weighted by atomic mass is 35.5. The molecular weight excluding hydrogens is 238 g/mol. The minimum absolute atomic E-state index is 0.312. The van der Waals surface area contributed by atoms with Crippen molar-refractivity contribution in [2.24, 2.45) is 0 Å². The summed E-state index contributed by atoms with van der Waals surface area (Å²) in [5, 5.41) is 0.340. The highest BCUT2D eigenvalue weighted by Gasteiger charge is 2.04. The Morgan fingerprint density at radius 2 is 2.24 bits per heavy atom. The molecule has 0 aliphatic rings. The van der Waals surface area contributed by atoms with Crippen molar-refractivity contribution < 1.29 is 4.74 Å². The fourth-order valence-electron chi connectivity index (χ4n) is 1.25. The summed E-state index contributed by atoms with van der Waals surface area (Å²) in [6.45, 7) is 2.30. The zero-order valence-electron chi connectivity index (χ0n) is 9.27. The molecule has 2 rings (SSSR count). The van der Waals surface area contributed by atoms with E-state index in [2.05, 4.69) is 26.8 Å². The van der Waals surface area contributed by atoms with Gasteiger partial charge in [0.05, 0.1) is 11.7 Å². The molecule has 86 valence electrons. The fraction of sp³-hybridized carbons (Fsp3) is 0.250. The molecule has 2 aromatic heterocycles. The van der Waals surface area contributed by atoms with Crippen LogP contribution in [0.2, 0.25) is 5.15 Å². The van der Waals surface area contributed by atoms with Crippen LogP contribution in [-0.2, 0) is 0 Å². The number of rotatable bonds is 2. The van der Waals surface area contributed by atoms with E-state index < -0.39 is 0 Å². The highest BCUT2D eigenvalue weighted by molar-refractivity contribution is 6.33. The van der Waals surface area contributed by atoms with Crippen molar-refractivity contribution in [2.45, 2.75) is 13.3 Å². The van der Waals surface area contributed by atoms with Crippen molar-refractivity contribution in [1.29, 1.82) is 0 Å². The zero-order chi connectivity index (χ0) is 12.1. The van der Waals surface area contributed by atoms with Gasteiger partial charge in [-0.05, 0) is 6.07 Å². The second kappa shape index (κ2) is 5.46. The van der Waals surface area contributed by atoms with Gasteiger partial charge in [-0.15, -0.1) is 5.92 Å². The Kier molecular flexibility index (Phi) is 3.73. The summed E-state index contributed by atoms with van der Waals surface area (Å²) in [4.78, 5) is 12.3.